The molecule has 1 atom stereocenters. The number of rotatable bonds is 7. The van der Waals surface area contributed by atoms with E-state index in [9.17, 15) is 0 Å². The van der Waals surface area contributed by atoms with Crippen LogP contribution in [0.15, 0.2) is 5.38 Å². The molecular formula is C16H29N3S. The van der Waals surface area contributed by atoms with Gasteiger partial charge in [-0.25, -0.2) is 4.98 Å². The lowest BCUT2D eigenvalue weighted by molar-refractivity contribution is 0.139. The molecule has 0 aliphatic carbocycles. The second-order valence-electron chi connectivity index (χ2n) is 6.24. The summed E-state index contributed by atoms with van der Waals surface area (Å²) >= 11 is 1.86. The molecule has 1 saturated heterocycles. The summed E-state index contributed by atoms with van der Waals surface area (Å²) in [5, 5.41) is 6.80. The number of nitrogens with zero attached hydrogens (tertiary/aromatic N) is 2. The SMILES string of the molecule is CNCCCc1csc(CC2CCCN(C(C)C)C2)n1. The Labute approximate surface area is 127 Å². The van der Waals surface area contributed by atoms with Gasteiger partial charge in [-0.05, 0) is 65.6 Å². The van der Waals surface area contributed by atoms with Gasteiger partial charge in [0.25, 0.3) is 0 Å². The van der Waals surface area contributed by atoms with Crippen LogP contribution in [0.5, 0.6) is 0 Å². The van der Waals surface area contributed by atoms with Crippen LogP contribution in [0.3, 0.4) is 0 Å². The largest absolute Gasteiger partial charge is 0.320 e. The van der Waals surface area contributed by atoms with E-state index in [1.807, 2.05) is 18.4 Å². The molecule has 2 heterocycles. The third-order valence-electron chi connectivity index (χ3n) is 4.20. The van der Waals surface area contributed by atoms with Gasteiger partial charge in [0.1, 0.15) is 0 Å². The normalized spacial score (nSPS) is 20.7. The summed E-state index contributed by atoms with van der Waals surface area (Å²) in [5.41, 5.74) is 1.29. The van der Waals surface area contributed by atoms with Crippen molar-refractivity contribution in [3.05, 3.63) is 16.1 Å². The van der Waals surface area contributed by atoms with Gasteiger partial charge in [0.15, 0.2) is 0 Å². The van der Waals surface area contributed by atoms with Crippen LogP contribution < -0.4 is 5.32 Å². The van der Waals surface area contributed by atoms with Crippen LogP contribution >= 0.6 is 11.3 Å². The molecule has 0 aromatic carbocycles. The lowest BCUT2D eigenvalue weighted by atomic mass is 9.94. The van der Waals surface area contributed by atoms with Crippen molar-refractivity contribution in [1.82, 2.24) is 15.2 Å². The Morgan fingerprint density at radius 1 is 1.50 bits per heavy atom. The highest BCUT2D eigenvalue weighted by molar-refractivity contribution is 7.09. The topological polar surface area (TPSA) is 28.2 Å². The van der Waals surface area contributed by atoms with Crippen LogP contribution in [-0.2, 0) is 12.8 Å². The van der Waals surface area contributed by atoms with Gasteiger partial charge in [-0.1, -0.05) is 0 Å². The Hall–Kier alpha value is -0.450. The third-order valence-corrected chi connectivity index (χ3v) is 5.12. The van der Waals surface area contributed by atoms with Crippen LogP contribution in [0.4, 0.5) is 0 Å². The molecule has 114 valence electrons. The van der Waals surface area contributed by atoms with Gasteiger partial charge in [0, 0.05) is 24.4 Å². The van der Waals surface area contributed by atoms with Gasteiger partial charge < -0.3 is 10.2 Å². The number of likely N-dealkylation sites (tertiary alicyclic amines) is 1. The van der Waals surface area contributed by atoms with E-state index < -0.39 is 0 Å². The first-order valence-electron chi connectivity index (χ1n) is 8.01. The van der Waals surface area contributed by atoms with Crippen LogP contribution in [0.25, 0.3) is 0 Å². The molecule has 1 N–H and O–H groups in total. The highest BCUT2D eigenvalue weighted by atomic mass is 32.1. The zero-order valence-electron chi connectivity index (χ0n) is 13.2. The molecule has 1 unspecified atom stereocenters. The Morgan fingerprint density at radius 3 is 3.10 bits per heavy atom. The Kier molecular flexibility index (Phi) is 6.46. The summed E-state index contributed by atoms with van der Waals surface area (Å²) in [6.07, 6.45) is 6.20. The molecular weight excluding hydrogens is 266 g/mol. The maximum Gasteiger partial charge on any atom is 0.0931 e. The van der Waals surface area contributed by atoms with Crippen molar-refractivity contribution in [2.45, 2.75) is 52.0 Å². The Morgan fingerprint density at radius 2 is 2.35 bits per heavy atom. The molecule has 3 nitrogen and oxygen atoms in total. The van der Waals surface area contributed by atoms with Crippen molar-refractivity contribution in [3.63, 3.8) is 0 Å². The number of hydrogen-bond donors (Lipinski definition) is 1. The highest BCUT2D eigenvalue weighted by Gasteiger charge is 2.22. The van der Waals surface area contributed by atoms with Gasteiger partial charge in [0.2, 0.25) is 0 Å². The smallest absolute Gasteiger partial charge is 0.0931 e. The zero-order chi connectivity index (χ0) is 14.4. The van der Waals surface area contributed by atoms with Crippen LogP contribution in [0.2, 0.25) is 0 Å². The molecule has 1 aliphatic rings. The van der Waals surface area contributed by atoms with Crippen molar-refractivity contribution in [3.8, 4) is 0 Å². The number of nitrogens with one attached hydrogen (secondary N) is 1. The molecule has 4 heteroatoms. The van der Waals surface area contributed by atoms with Crippen molar-refractivity contribution >= 4 is 11.3 Å². The molecule has 1 fully saturated rings. The maximum absolute atomic E-state index is 4.82. The summed E-state index contributed by atoms with van der Waals surface area (Å²) in [6.45, 7) is 8.24. The summed E-state index contributed by atoms with van der Waals surface area (Å²) in [5.74, 6) is 0.808. The molecule has 2 rings (SSSR count). The van der Waals surface area contributed by atoms with Gasteiger partial charge in [0.05, 0.1) is 10.7 Å². The number of aromatic nitrogens is 1. The molecule has 0 amide bonds. The molecule has 0 radical (unpaired) electrons. The van der Waals surface area contributed by atoms with Crippen LogP contribution in [-0.4, -0.2) is 42.6 Å². The zero-order valence-corrected chi connectivity index (χ0v) is 14.0. The first kappa shape index (κ1) is 15.9. The average molecular weight is 295 g/mol. The first-order chi connectivity index (χ1) is 9.69. The second-order valence-corrected chi connectivity index (χ2v) is 7.18. The summed E-state index contributed by atoms with van der Waals surface area (Å²) < 4.78 is 0. The van der Waals surface area contributed by atoms with Crippen molar-refractivity contribution in [2.75, 3.05) is 26.7 Å². The molecule has 1 aromatic heterocycles. The fraction of sp³-hybridized carbons (Fsp3) is 0.812. The minimum atomic E-state index is 0.686. The molecule has 1 aromatic rings. The van der Waals surface area contributed by atoms with E-state index in [-0.39, 0.29) is 0 Å². The molecule has 0 bridgehead atoms. The van der Waals surface area contributed by atoms with E-state index in [1.165, 1.54) is 49.5 Å². The minimum Gasteiger partial charge on any atom is -0.320 e. The van der Waals surface area contributed by atoms with E-state index in [4.69, 9.17) is 4.98 Å². The number of hydrogen-bond acceptors (Lipinski definition) is 4. The maximum atomic E-state index is 4.82. The molecule has 0 spiro atoms. The quantitative estimate of drug-likeness (QED) is 0.784. The first-order valence-corrected chi connectivity index (χ1v) is 8.89. The number of piperidine rings is 1. The summed E-state index contributed by atoms with van der Waals surface area (Å²) in [4.78, 5) is 7.44. The molecule has 0 saturated carbocycles. The van der Waals surface area contributed by atoms with Gasteiger partial charge in [-0.2, -0.15) is 0 Å². The van der Waals surface area contributed by atoms with Crippen LogP contribution in [0, 0.1) is 5.92 Å². The summed E-state index contributed by atoms with van der Waals surface area (Å²) in [7, 11) is 2.01. The monoisotopic (exact) mass is 295 g/mol. The average Bonchev–Trinajstić information content (AvgIpc) is 2.87. The standard InChI is InChI=1S/C16H29N3S/c1-13(2)19-9-5-6-14(11-19)10-16-18-15(12-20-16)7-4-8-17-3/h12-14,17H,4-11H2,1-3H3. The number of thiazole rings is 1. The van der Waals surface area contributed by atoms with Gasteiger partial charge >= 0.3 is 0 Å². The minimum absolute atomic E-state index is 0.686. The lowest BCUT2D eigenvalue weighted by Gasteiger charge is -2.35. The highest BCUT2D eigenvalue weighted by Crippen LogP contribution is 2.24. The van der Waals surface area contributed by atoms with Crippen molar-refractivity contribution in [2.24, 2.45) is 5.92 Å². The van der Waals surface area contributed by atoms with Gasteiger partial charge in [-0.15, -0.1) is 11.3 Å². The fourth-order valence-corrected chi connectivity index (χ4v) is 3.93. The summed E-state index contributed by atoms with van der Waals surface area (Å²) in [6, 6.07) is 0.686. The van der Waals surface area contributed by atoms with Crippen molar-refractivity contribution in [1.29, 1.82) is 0 Å². The molecule has 20 heavy (non-hydrogen) atoms. The Bertz CT molecular complexity index is 389. The van der Waals surface area contributed by atoms with E-state index in [0.717, 1.165) is 18.9 Å². The predicted octanol–water partition coefficient (Wildman–Crippen LogP) is 2.96. The van der Waals surface area contributed by atoms with E-state index >= 15 is 0 Å². The second kappa shape index (κ2) is 8.11. The fourth-order valence-electron chi connectivity index (χ4n) is 2.98. The predicted molar refractivity (Wildman–Crippen MR) is 87.5 cm³/mol. The Balaban J connectivity index is 1.80. The van der Waals surface area contributed by atoms with Crippen LogP contribution in [0.1, 0.15) is 43.8 Å². The van der Waals surface area contributed by atoms with E-state index in [2.05, 4.69) is 29.4 Å². The van der Waals surface area contributed by atoms with E-state index in [1.54, 1.807) is 0 Å². The number of aryl methyl sites for hydroxylation is 1. The lowest BCUT2D eigenvalue weighted by Crippen LogP contribution is -2.40. The molecule has 1 aliphatic heterocycles. The van der Waals surface area contributed by atoms with Crippen molar-refractivity contribution < 1.29 is 0 Å². The van der Waals surface area contributed by atoms with E-state index in [0.29, 0.717) is 6.04 Å². The van der Waals surface area contributed by atoms with Gasteiger partial charge in [-0.3, -0.25) is 0 Å². The third kappa shape index (κ3) is 4.83.